The summed E-state index contributed by atoms with van der Waals surface area (Å²) in [5.74, 6) is 1.42. The van der Waals surface area contributed by atoms with Crippen molar-refractivity contribution in [1.29, 1.82) is 0 Å². The third kappa shape index (κ3) is 5.66. The van der Waals surface area contributed by atoms with Gasteiger partial charge in [0, 0.05) is 13.1 Å². The largest absolute Gasteiger partial charge is 0.496 e. The van der Waals surface area contributed by atoms with Crippen molar-refractivity contribution in [1.82, 2.24) is 5.32 Å². The molecule has 0 radical (unpaired) electrons. The average Bonchev–Trinajstić information content (AvgIpc) is 2.57. The fourth-order valence-electron chi connectivity index (χ4n) is 2.36. The van der Waals surface area contributed by atoms with Gasteiger partial charge in [0.15, 0.2) is 5.96 Å². The minimum absolute atomic E-state index is 0.500. The molecule has 4 heteroatoms. The molecule has 0 aromatic heterocycles. The molecule has 0 heterocycles. The van der Waals surface area contributed by atoms with E-state index in [1.807, 2.05) is 25.1 Å². The lowest BCUT2D eigenvalue weighted by molar-refractivity contribution is 0.411. The van der Waals surface area contributed by atoms with Gasteiger partial charge in [-0.05, 0) is 42.5 Å². The number of aliphatic imine (C=N–C) groups is 1. The number of benzene rings is 2. The third-order valence-electron chi connectivity index (χ3n) is 3.72. The van der Waals surface area contributed by atoms with E-state index in [1.54, 1.807) is 7.11 Å². The lowest BCUT2D eigenvalue weighted by Gasteiger charge is -2.09. The summed E-state index contributed by atoms with van der Waals surface area (Å²) in [6.07, 6.45) is 1.78. The van der Waals surface area contributed by atoms with Gasteiger partial charge in [0.1, 0.15) is 5.75 Å². The number of methoxy groups -OCH3 is 1. The molecule has 0 bridgehead atoms. The summed E-state index contributed by atoms with van der Waals surface area (Å²) in [5, 5.41) is 3.16. The van der Waals surface area contributed by atoms with Gasteiger partial charge in [-0.3, -0.25) is 4.99 Å². The third-order valence-corrected chi connectivity index (χ3v) is 3.72. The standard InChI is InChI=1S/C19H25N3O/c1-15-8-9-17(14-18(15)23-2)11-13-22-19(20)21-12-10-16-6-4-3-5-7-16/h3-9,14H,10-13H2,1-2H3,(H3,20,21,22). The Balaban J connectivity index is 1.73. The molecule has 0 amide bonds. The summed E-state index contributed by atoms with van der Waals surface area (Å²) in [5.41, 5.74) is 9.53. The quantitative estimate of drug-likeness (QED) is 0.610. The van der Waals surface area contributed by atoms with Crippen molar-refractivity contribution in [2.75, 3.05) is 20.2 Å². The second-order valence-corrected chi connectivity index (χ2v) is 5.48. The Morgan fingerprint density at radius 3 is 2.61 bits per heavy atom. The molecule has 0 saturated heterocycles. The first-order chi connectivity index (χ1) is 11.2. The highest BCUT2D eigenvalue weighted by atomic mass is 16.5. The zero-order chi connectivity index (χ0) is 16.5. The highest BCUT2D eigenvalue weighted by molar-refractivity contribution is 5.77. The molecule has 0 aliphatic heterocycles. The summed E-state index contributed by atoms with van der Waals surface area (Å²) < 4.78 is 5.34. The molecule has 0 spiro atoms. The number of ether oxygens (including phenoxy) is 1. The van der Waals surface area contributed by atoms with Gasteiger partial charge in [0.25, 0.3) is 0 Å². The van der Waals surface area contributed by atoms with Crippen molar-refractivity contribution in [2.45, 2.75) is 19.8 Å². The number of nitrogens with two attached hydrogens (primary N) is 1. The van der Waals surface area contributed by atoms with E-state index >= 15 is 0 Å². The fourth-order valence-corrected chi connectivity index (χ4v) is 2.36. The molecule has 0 atom stereocenters. The number of hydrogen-bond acceptors (Lipinski definition) is 2. The van der Waals surface area contributed by atoms with E-state index in [4.69, 9.17) is 10.5 Å². The Bertz CT molecular complexity index is 638. The lowest BCUT2D eigenvalue weighted by Crippen LogP contribution is -2.33. The summed E-state index contributed by atoms with van der Waals surface area (Å²) in [4.78, 5) is 4.36. The highest BCUT2D eigenvalue weighted by Crippen LogP contribution is 2.18. The molecule has 0 aliphatic rings. The van der Waals surface area contributed by atoms with Gasteiger partial charge in [-0.15, -0.1) is 0 Å². The van der Waals surface area contributed by atoms with E-state index in [1.165, 1.54) is 11.1 Å². The SMILES string of the molecule is COc1cc(CCNC(N)=NCCc2ccccc2)ccc1C. The number of aryl methyl sites for hydroxylation is 1. The van der Waals surface area contributed by atoms with Crippen LogP contribution in [0.5, 0.6) is 5.75 Å². The van der Waals surface area contributed by atoms with Crippen molar-refractivity contribution in [3.63, 3.8) is 0 Å². The fraction of sp³-hybridized carbons (Fsp3) is 0.316. The molecule has 0 aliphatic carbocycles. The maximum atomic E-state index is 5.90. The maximum Gasteiger partial charge on any atom is 0.188 e. The molecule has 3 N–H and O–H groups in total. The molecule has 2 rings (SSSR count). The number of rotatable bonds is 7. The monoisotopic (exact) mass is 311 g/mol. The Morgan fingerprint density at radius 1 is 1.09 bits per heavy atom. The van der Waals surface area contributed by atoms with Crippen LogP contribution in [0.3, 0.4) is 0 Å². The maximum absolute atomic E-state index is 5.90. The van der Waals surface area contributed by atoms with E-state index in [2.05, 4.69) is 40.6 Å². The van der Waals surface area contributed by atoms with Crippen LogP contribution in [-0.2, 0) is 12.8 Å². The number of hydrogen-bond donors (Lipinski definition) is 2. The Labute approximate surface area is 138 Å². The second kappa shape index (κ2) is 8.83. The van der Waals surface area contributed by atoms with Crippen molar-refractivity contribution >= 4 is 5.96 Å². The molecule has 23 heavy (non-hydrogen) atoms. The second-order valence-electron chi connectivity index (χ2n) is 5.48. The number of nitrogens with zero attached hydrogens (tertiary/aromatic N) is 1. The molecule has 2 aromatic rings. The lowest BCUT2D eigenvalue weighted by atomic mass is 10.1. The average molecular weight is 311 g/mol. The zero-order valence-corrected chi connectivity index (χ0v) is 13.9. The molecule has 4 nitrogen and oxygen atoms in total. The van der Waals surface area contributed by atoms with E-state index in [9.17, 15) is 0 Å². The van der Waals surface area contributed by atoms with E-state index in [0.717, 1.165) is 30.7 Å². The van der Waals surface area contributed by atoms with Gasteiger partial charge in [0.2, 0.25) is 0 Å². The molecular weight excluding hydrogens is 286 g/mol. The first-order valence-electron chi connectivity index (χ1n) is 7.90. The molecule has 0 unspecified atom stereocenters. The van der Waals surface area contributed by atoms with Crippen molar-refractivity contribution in [3.05, 3.63) is 65.2 Å². The van der Waals surface area contributed by atoms with Crippen molar-refractivity contribution < 1.29 is 4.74 Å². The van der Waals surface area contributed by atoms with Crippen LogP contribution in [-0.4, -0.2) is 26.2 Å². The molecule has 122 valence electrons. The van der Waals surface area contributed by atoms with Crippen LogP contribution < -0.4 is 15.8 Å². The molecule has 0 saturated carbocycles. The van der Waals surface area contributed by atoms with Crippen molar-refractivity contribution in [2.24, 2.45) is 10.7 Å². The van der Waals surface area contributed by atoms with Crippen LogP contribution in [0, 0.1) is 6.92 Å². The van der Waals surface area contributed by atoms with E-state index in [0.29, 0.717) is 12.5 Å². The molecule has 2 aromatic carbocycles. The number of guanidine groups is 1. The normalized spacial score (nSPS) is 11.3. The molecular formula is C19H25N3O. The summed E-state index contributed by atoms with van der Waals surface area (Å²) in [6.45, 7) is 3.49. The minimum atomic E-state index is 0.500. The van der Waals surface area contributed by atoms with Gasteiger partial charge < -0.3 is 15.8 Å². The summed E-state index contributed by atoms with van der Waals surface area (Å²) in [7, 11) is 1.70. The zero-order valence-electron chi connectivity index (χ0n) is 13.9. The van der Waals surface area contributed by atoms with Crippen LogP contribution in [0.4, 0.5) is 0 Å². The van der Waals surface area contributed by atoms with Gasteiger partial charge in [-0.2, -0.15) is 0 Å². The van der Waals surface area contributed by atoms with Crippen LogP contribution in [0.2, 0.25) is 0 Å². The van der Waals surface area contributed by atoms with Crippen LogP contribution >= 0.6 is 0 Å². The Kier molecular flexibility index (Phi) is 6.48. The summed E-state index contributed by atoms with van der Waals surface area (Å²) in [6, 6.07) is 16.6. The predicted molar refractivity (Wildman–Crippen MR) is 96.1 cm³/mol. The van der Waals surface area contributed by atoms with Gasteiger partial charge in [0.05, 0.1) is 7.11 Å². The molecule has 0 fully saturated rings. The predicted octanol–water partition coefficient (Wildman–Crippen LogP) is 2.69. The Morgan fingerprint density at radius 2 is 1.87 bits per heavy atom. The first kappa shape index (κ1) is 16.9. The first-order valence-corrected chi connectivity index (χ1v) is 7.90. The van der Waals surface area contributed by atoms with Crippen LogP contribution in [0.1, 0.15) is 16.7 Å². The highest BCUT2D eigenvalue weighted by Gasteiger charge is 2.00. The summed E-state index contributed by atoms with van der Waals surface area (Å²) >= 11 is 0. The number of nitrogens with one attached hydrogen (secondary N) is 1. The van der Waals surface area contributed by atoms with E-state index < -0.39 is 0 Å². The topological polar surface area (TPSA) is 59.6 Å². The minimum Gasteiger partial charge on any atom is -0.496 e. The van der Waals surface area contributed by atoms with Crippen molar-refractivity contribution in [3.8, 4) is 5.75 Å². The smallest absolute Gasteiger partial charge is 0.188 e. The van der Waals surface area contributed by atoms with E-state index in [-0.39, 0.29) is 0 Å². The Hall–Kier alpha value is -2.49. The van der Waals surface area contributed by atoms with Gasteiger partial charge in [-0.1, -0.05) is 42.5 Å². The van der Waals surface area contributed by atoms with Gasteiger partial charge >= 0.3 is 0 Å². The van der Waals surface area contributed by atoms with Gasteiger partial charge in [-0.25, -0.2) is 0 Å². The van der Waals surface area contributed by atoms with Crippen LogP contribution in [0.25, 0.3) is 0 Å². The van der Waals surface area contributed by atoms with Crippen LogP contribution in [0.15, 0.2) is 53.5 Å².